The molecule has 1 aromatic carbocycles. The van der Waals surface area contributed by atoms with E-state index in [1.54, 1.807) is 6.92 Å². The van der Waals surface area contributed by atoms with Crippen LogP contribution in [0.2, 0.25) is 0 Å². The molecule has 0 amide bonds. The fraction of sp³-hybridized carbons (Fsp3) is 0.667. The van der Waals surface area contributed by atoms with E-state index in [1.807, 2.05) is 30.3 Å². The smallest absolute Gasteiger partial charge is 0.334 e. The minimum Gasteiger partial charge on any atom is -0.459 e. The fourth-order valence-corrected chi connectivity index (χ4v) is 7.42. The van der Waals surface area contributed by atoms with Gasteiger partial charge in [0.15, 0.2) is 11.3 Å². The Morgan fingerprint density at radius 2 is 1.64 bits per heavy atom. The second-order valence-electron chi connectivity index (χ2n) is 9.88. The molecule has 0 spiro atoms. The van der Waals surface area contributed by atoms with Crippen LogP contribution in [0.4, 0.5) is 0 Å². The summed E-state index contributed by atoms with van der Waals surface area (Å²) in [6.45, 7) is 2.69. The first-order valence-electron chi connectivity index (χ1n) is 11.0. The highest BCUT2D eigenvalue weighted by Gasteiger charge is 2.63. The molecule has 5 fully saturated rings. The predicted molar refractivity (Wildman–Crippen MR) is 106 cm³/mol. The summed E-state index contributed by atoms with van der Waals surface area (Å²) >= 11 is 0. The van der Waals surface area contributed by atoms with Gasteiger partial charge in [0.05, 0.1) is 0 Å². The van der Waals surface area contributed by atoms with Crippen LogP contribution in [0.3, 0.4) is 0 Å². The van der Waals surface area contributed by atoms with Crippen LogP contribution in [0.5, 0.6) is 0 Å². The summed E-state index contributed by atoms with van der Waals surface area (Å²) in [6.07, 6.45) is 9.09. The second kappa shape index (κ2) is 6.69. The number of likely N-dealkylation sites (tertiary alicyclic amines) is 1. The molecule has 4 saturated carbocycles. The molecule has 150 valence electrons. The first kappa shape index (κ1) is 18.4. The summed E-state index contributed by atoms with van der Waals surface area (Å²) in [5, 5.41) is 0. The van der Waals surface area contributed by atoms with Gasteiger partial charge in [-0.3, -0.25) is 9.69 Å². The Labute approximate surface area is 167 Å². The van der Waals surface area contributed by atoms with Gasteiger partial charge in [0.1, 0.15) is 6.61 Å². The Bertz CT molecular complexity index is 738. The van der Waals surface area contributed by atoms with Crippen molar-refractivity contribution in [2.75, 3.05) is 6.54 Å². The first-order valence-corrected chi connectivity index (χ1v) is 11.0. The molecule has 1 saturated heterocycles. The van der Waals surface area contributed by atoms with Crippen LogP contribution in [0.25, 0.3) is 0 Å². The van der Waals surface area contributed by atoms with E-state index < -0.39 is 5.54 Å². The summed E-state index contributed by atoms with van der Waals surface area (Å²) in [7, 11) is 0. The number of nitrogens with zero attached hydrogens (tertiary/aromatic N) is 1. The molecule has 1 heterocycles. The number of hydrogen-bond donors (Lipinski definition) is 0. The molecular weight excluding hydrogens is 350 g/mol. The maximum atomic E-state index is 13.4. The van der Waals surface area contributed by atoms with E-state index in [4.69, 9.17) is 4.74 Å². The molecule has 0 N–H and O–H groups in total. The predicted octanol–water partition coefficient (Wildman–Crippen LogP) is 4.12. The van der Waals surface area contributed by atoms with Gasteiger partial charge in [0.25, 0.3) is 0 Å². The van der Waals surface area contributed by atoms with E-state index in [0.29, 0.717) is 6.42 Å². The Morgan fingerprint density at radius 3 is 2.21 bits per heavy atom. The number of esters is 1. The number of carbonyl (C=O) groups is 2. The fourth-order valence-electron chi connectivity index (χ4n) is 7.42. The van der Waals surface area contributed by atoms with Gasteiger partial charge in [-0.05, 0) is 81.6 Å². The maximum absolute atomic E-state index is 13.4. The number of ketones is 1. The molecule has 0 aromatic heterocycles. The average molecular weight is 382 g/mol. The normalized spacial score (nSPS) is 39.2. The highest BCUT2D eigenvalue weighted by atomic mass is 16.5. The van der Waals surface area contributed by atoms with Crippen molar-refractivity contribution >= 4 is 11.8 Å². The van der Waals surface area contributed by atoms with Crippen molar-refractivity contribution in [2.24, 2.45) is 17.8 Å². The van der Waals surface area contributed by atoms with Crippen molar-refractivity contribution in [1.82, 2.24) is 4.90 Å². The maximum Gasteiger partial charge on any atom is 0.334 e. The molecule has 0 unspecified atom stereocenters. The van der Waals surface area contributed by atoms with Crippen LogP contribution < -0.4 is 0 Å². The number of ether oxygens (including phenoxy) is 1. The third-order valence-corrected chi connectivity index (χ3v) is 8.09. The second-order valence-corrected chi connectivity index (χ2v) is 9.88. The molecule has 28 heavy (non-hydrogen) atoms. The Kier molecular flexibility index (Phi) is 4.38. The van der Waals surface area contributed by atoms with Crippen LogP contribution in [-0.2, 0) is 20.9 Å². The van der Waals surface area contributed by atoms with Crippen LogP contribution >= 0.6 is 0 Å². The molecule has 1 atom stereocenters. The molecule has 4 heteroatoms. The van der Waals surface area contributed by atoms with Gasteiger partial charge in [-0.25, -0.2) is 4.79 Å². The van der Waals surface area contributed by atoms with E-state index >= 15 is 0 Å². The lowest BCUT2D eigenvalue weighted by Crippen LogP contribution is -2.69. The summed E-state index contributed by atoms with van der Waals surface area (Å²) in [5.41, 5.74) is -0.0581. The van der Waals surface area contributed by atoms with Crippen molar-refractivity contribution in [2.45, 2.75) is 76.0 Å². The Balaban J connectivity index is 1.43. The summed E-state index contributed by atoms with van der Waals surface area (Å²) in [5.74, 6) is 2.02. The Morgan fingerprint density at radius 1 is 1.04 bits per heavy atom. The van der Waals surface area contributed by atoms with Gasteiger partial charge in [0.2, 0.25) is 0 Å². The molecular formula is C24H31NO3. The van der Waals surface area contributed by atoms with E-state index in [0.717, 1.165) is 36.3 Å². The van der Waals surface area contributed by atoms with Crippen LogP contribution in [-0.4, -0.2) is 34.3 Å². The van der Waals surface area contributed by atoms with Crippen molar-refractivity contribution in [1.29, 1.82) is 0 Å². The van der Waals surface area contributed by atoms with Gasteiger partial charge in [-0.15, -0.1) is 0 Å². The standard InChI is InChI=1S/C24H31NO3/c1-17(26)24(22(27)28-16-18-6-3-2-4-7-18)8-5-9-25(24)23-13-19-10-20(14-23)12-21(11-19)15-23/h2-4,6-7,19-21H,5,8-16H2,1H3/t19?,20?,21?,23?,24-/m1/s1. The minimum absolute atomic E-state index is 0.0289. The number of rotatable bonds is 5. The van der Waals surface area contributed by atoms with Gasteiger partial charge in [-0.2, -0.15) is 0 Å². The lowest BCUT2D eigenvalue weighted by Gasteiger charge is -2.62. The van der Waals surface area contributed by atoms with Crippen molar-refractivity contribution < 1.29 is 14.3 Å². The lowest BCUT2D eigenvalue weighted by atomic mass is 9.52. The highest BCUT2D eigenvalue weighted by Crippen LogP contribution is 2.60. The van der Waals surface area contributed by atoms with Crippen LogP contribution in [0, 0.1) is 17.8 Å². The van der Waals surface area contributed by atoms with Gasteiger partial charge in [0, 0.05) is 12.1 Å². The molecule has 4 nitrogen and oxygen atoms in total. The van der Waals surface area contributed by atoms with Gasteiger partial charge in [-0.1, -0.05) is 30.3 Å². The van der Waals surface area contributed by atoms with Crippen LogP contribution in [0.15, 0.2) is 30.3 Å². The summed E-state index contributed by atoms with van der Waals surface area (Å²) in [6, 6.07) is 9.76. The third-order valence-electron chi connectivity index (χ3n) is 8.09. The monoisotopic (exact) mass is 381 g/mol. The zero-order valence-electron chi connectivity index (χ0n) is 16.9. The molecule has 1 aromatic rings. The molecule has 6 rings (SSSR count). The third kappa shape index (κ3) is 2.75. The van der Waals surface area contributed by atoms with E-state index in [1.165, 1.54) is 38.5 Å². The number of benzene rings is 1. The first-order chi connectivity index (χ1) is 13.5. The van der Waals surface area contributed by atoms with Crippen LogP contribution in [0.1, 0.15) is 63.9 Å². The molecule has 0 radical (unpaired) electrons. The Hall–Kier alpha value is -1.68. The highest BCUT2D eigenvalue weighted by molar-refractivity contribution is 6.08. The van der Waals surface area contributed by atoms with Gasteiger partial charge >= 0.3 is 5.97 Å². The lowest BCUT2D eigenvalue weighted by molar-refractivity contribution is -0.176. The molecule has 1 aliphatic heterocycles. The van der Waals surface area contributed by atoms with Gasteiger partial charge < -0.3 is 4.74 Å². The summed E-state index contributed by atoms with van der Waals surface area (Å²) in [4.78, 5) is 28.7. The van der Waals surface area contributed by atoms with E-state index in [2.05, 4.69) is 4.90 Å². The number of Topliss-reactive ketones (excluding diaryl/α,β-unsaturated/α-hetero) is 1. The number of hydrogen-bond acceptors (Lipinski definition) is 4. The van der Waals surface area contributed by atoms with E-state index in [9.17, 15) is 9.59 Å². The molecule has 5 aliphatic rings. The van der Waals surface area contributed by atoms with Crippen molar-refractivity contribution in [3.05, 3.63) is 35.9 Å². The number of carbonyl (C=O) groups excluding carboxylic acids is 2. The molecule has 4 aliphatic carbocycles. The minimum atomic E-state index is -1.07. The summed E-state index contributed by atoms with van der Waals surface area (Å²) < 4.78 is 5.77. The van der Waals surface area contributed by atoms with Crippen molar-refractivity contribution in [3.63, 3.8) is 0 Å². The topological polar surface area (TPSA) is 46.6 Å². The largest absolute Gasteiger partial charge is 0.459 e. The quantitative estimate of drug-likeness (QED) is 0.568. The average Bonchev–Trinajstić information content (AvgIpc) is 3.13. The van der Waals surface area contributed by atoms with Crippen molar-refractivity contribution in [3.8, 4) is 0 Å². The molecule has 4 bridgehead atoms. The zero-order valence-corrected chi connectivity index (χ0v) is 16.9. The SMILES string of the molecule is CC(=O)[C@@]1(C(=O)OCc2ccccc2)CCCN1C12CC3CC(CC(C3)C1)C2. The van der Waals surface area contributed by atoms with E-state index in [-0.39, 0.29) is 23.9 Å². The zero-order chi connectivity index (χ0) is 19.4.